The summed E-state index contributed by atoms with van der Waals surface area (Å²) >= 11 is 0. The molecule has 1 saturated heterocycles. The van der Waals surface area contributed by atoms with E-state index in [4.69, 9.17) is 0 Å². The van der Waals surface area contributed by atoms with Crippen LogP contribution < -0.4 is 10.2 Å². The molecule has 18 heavy (non-hydrogen) atoms. The topological polar surface area (TPSA) is 61.4 Å². The van der Waals surface area contributed by atoms with Gasteiger partial charge in [0.1, 0.15) is 17.7 Å². The maximum atomic E-state index is 12.0. The molecule has 2 rings (SSSR count). The minimum atomic E-state index is -0.192. The number of carbonyl (C=O) groups is 1. The molecule has 1 aliphatic rings. The number of carbonyl (C=O) groups excluding carboxylic acids is 1. The molecule has 1 aromatic heterocycles. The van der Waals surface area contributed by atoms with Crippen molar-refractivity contribution >= 4 is 11.7 Å². The predicted octanol–water partition coefficient (Wildman–Crippen LogP) is -0.349. The maximum Gasteiger partial charge on any atom is 0.243 e. The first-order chi connectivity index (χ1) is 8.61. The molecule has 6 nitrogen and oxygen atoms in total. The summed E-state index contributed by atoms with van der Waals surface area (Å²) < 4.78 is 0. The first-order valence-corrected chi connectivity index (χ1v) is 6.08. The maximum absolute atomic E-state index is 12.0. The number of amides is 1. The molecule has 1 aliphatic heterocycles. The first kappa shape index (κ1) is 12.8. The highest BCUT2D eigenvalue weighted by molar-refractivity contribution is 5.85. The zero-order chi connectivity index (χ0) is 13.1. The van der Waals surface area contributed by atoms with E-state index >= 15 is 0 Å². The van der Waals surface area contributed by atoms with Crippen molar-refractivity contribution in [2.45, 2.75) is 13.0 Å². The highest BCUT2D eigenvalue weighted by Crippen LogP contribution is 2.17. The molecular formula is C12H19N5O. The van der Waals surface area contributed by atoms with Gasteiger partial charge in [0.2, 0.25) is 5.91 Å². The van der Waals surface area contributed by atoms with E-state index in [0.717, 1.165) is 24.7 Å². The number of piperazine rings is 1. The van der Waals surface area contributed by atoms with Crippen molar-refractivity contribution in [1.82, 2.24) is 20.2 Å². The summed E-state index contributed by atoms with van der Waals surface area (Å²) in [7, 11) is 3.69. The molecule has 0 radical (unpaired) electrons. The van der Waals surface area contributed by atoms with Crippen molar-refractivity contribution in [3.63, 3.8) is 0 Å². The standard InChI is InChI=1S/C12H19N5O/c1-9-14-5-4-11(15-9)17-7-6-16(3)8-10(17)12(18)13-2/h4-5,10H,6-8H2,1-3H3,(H,13,18)/t10-/m1/s1. The van der Waals surface area contributed by atoms with Crippen LogP contribution in [0.2, 0.25) is 0 Å². The third kappa shape index (κ3) is 2.59. The Bertz CT molecular complexity index is 436. The molecule has 1 N–H and O–H groups in total. The Hall–Kier alpha value is -1.69. The number of nitrogens with one attached hydrogen (secondary N) is 1. The monoisotopic (exact) mass is 249 g/mol. The summed E-state index contributed by atoms with van der Waals surface area (Å²) in [6.07, 6.45) is 1.73. The highest BCUT2D eigenvalue weighted by Gasteiger charge is 2.31. The molecule has 1 aromatic rings. The van der Waals surface area contributed by atoms with Crippen LogP contribution in [-0.4, -0.2) is 60.5 Å². The van der Waals surface area contributed by atoms with Gasteiger partial charge in [0.05, 0.1) is 0 Å². The van der Waals surface area contributed by atoms with Gasteiger partial charge >= 0.3 is 0 Å². The van der Waals surface area contributed by atoms with Crippen LogP contribution in [0.15, 0.2) is 12.3 Å². The number of nitrogens with zero attached hydrogens (tertiary/aromatic N) is 4. The number of anilines is 1. The molecule has 0 saturated carbocycles. The average molecular weight is 249 g/mol. The highest BCUT2D eigenvalue weighted by atomic mass is 16.2. The quantitative estimate of drug-likeness (QED) is 0.776. The van der Waals surface area contributed by atoms with Gasteiger partial charge in [-0.15, -0.1) is 0 Å². The van der Waals surface area contributed by atoms with E-state index in [1.54, 1.807) is 13.2 Å². The number of aromatic nitrogens is 2. The van der Waals surface area contributed by atoms with E-state index in [0.29, 0.717) is 6.54 Å². The molecule has 1 fully saturated rings. The predicted molar refractivity (Wildman–Crippen MR) is 69.5 cm³/mol. The summed E-state index contributed by atoms with van der Waals surface area (Å²) in [5.74, 6) is 1.57. The van der Waals surface area contributed by atoms with E-state index in [1.807, 2.05) is 24.9 Å². The molecule has 0 spiro atoms. The van der Waals surface area contributed by atoms with Crippen molar-refractivity contribution < 1.29 is 4.79 Å². The van der Waals surface area contributed by atoms with Crippen LogP contribution in [0.1, 0.15) is 5.82 Å². The number of likely N-dealkylation sites (N-methyl/N-ethyl adjacent to an activating group) is 2. The Morgan fingerprint density at radius 3 is 2.94 bits per heavy atom. The number of hydrogen-bond donors (Lipinski definition) is 1. The lowest BCUT2D eigenvalue weighted by molar-refractivity contribution is -0.122. The van der Waals surface area contributed by atoms with Crippen molar-refractivity contribution in [3.8, 4) is 0 Å². The lowest BCUT2D eigenvalue weighted by Gasteiger charge is -2.39. The van der Waals surface area contributed by atoms with Gasteiger partial charge in [-0.2, -0.15) is 0 Å². The van der Waals surface area contributed by atoms with Crippen LogP contribution in [-0.2, 0) is 4.79 Å². The molecule has 0 aliphatic carbocycles. The average Bonchev–Trinajstić information content (AvgIpc) is 2.37. The van der Waals surface area contributed by atoms with Crippen LogP contribution in [0.3, 0.4) is 0 Å². The lowest BCUT2D eigenvalue weighted by Crippen LogP contribution is -2.58. The Labute approximate surface area is 107 Å². The van der Waals surface area contributed by atoms with Crippen LogP contribution in [0, 0.1) is 6.92 Å². The van der Waals surface area contributed by atoms with Gasteiger partial charge in [-0.3, -0.25) is 4.79 Å². The molecule has 0 aromatic carbocycles. The van der Waals surface area contributed by atoms with Crippen molar-refractivity contribution in [2.24, 2.45) is 0 Å². The molecule has 1 amide bonds. The molecule has 0 bridgehead atoms. The van der Waals surface area contributed by atoms with Crippen LogP contribution in [0.4, 0.5) is 5.82 Å². The largest absolute Gasteiger partial charge is 0.357 e. The van der Waals surface area contributed by atoms with E-state index in [2.05, 4.69) is 20.2 Å². The summed E-state index contributed by atoms with van der Waals surface area (Å²) in [4.78, 5) is 24.7. The normalized spacial score (nSPS) is 20.8. The lowest BCUT2D eigenvalue weighted by atomic mass is 10.1. The number of aryl methyl sites for hydroxylation is 1. The second kappa shape index (κ2) is 5.30. The van der Waals surface area contributed by atoms with Gasteiger partial charge in [0.15, 0.2) is 0 Å². The summed E-state index contributed by atoms with van der Waals surface area (Å²) in [5, 5.41) is 2.72. The molecule has 98 valence electrons. The SMILES string of the molecule is CNC(=O)[C@H]1CN(C)CCN1c1ccnc(C)n1. The van der Waals surface area contributed by atoms with Crippen molar-refractivity contribution in [1.29, 1.82) is 0 Å². The van der Waals surface area contributed by atoms with Gasteiger partial charge in [0.25, 0.3) is 0 Å². The Morgan fingerprint density at radius 2 is 2.28 bits per heavy atom. The number of hydrogen-bond acceptors (Lipinski definition) is 5. The minimum Gasteiger partial charge on any atom is -0.357 e. The molecule has 2 heterocycles. The minimum absolute atomic E-state index is 0.0258. The molecule has 0 unspecified atom stereocenters. The molecule has 1 atom stereocenters. The fraction of sp³-hybridized carbons (Fsp3) is 0.583. The van der Waals surface area contributed by atoms with Crippen LogP contribution in [0.5, 0.6) is 0 Å². The fourth-order valence-electron chi connectivity index (χ4n) is 2.19. The zero-order valence-corrected chi connectivity index (χ0v) is 11.1. The van der Waals surface area contributed by atoms with Gasteiger partial charge in [0, 0.05) is 32.9 Å². The Morgan fingerprint density at radius 1 is 1.50 bits per heavy atom. The molecule has 6 heteroatoms. The third-order valence-corrected chi connectivity index (χ3v) is 3.19. The van der Waals surface area contributed by atoms with E-state index in [9.17, 15) is 4.79 Å². The van der Waals surface area contributed by atoms with Crippen LogP contribution in [0.25, 0.3) is 0 Å². The van der Waals surface area contributed by atoms with E-state index in [-0.39, 0.29) is 11.9 Å². The fourth-order valence-corrected chi connectivity index (χ4v) is 2.19. The van der Waals surface area contributed by atoms with Crippen LogP contribution >= 0.6 is 0 Å². The van der Waals surface area contributed by atoms with E-state index in [1.165, 1.54) is 0 Å². The first-order valence-electron chi connectivity index (χ1n) is 6.08. The zero-order valence-electron chi connectivity index (χ0n) is 11.1. The Balaban J connectivity index is 2.26. The second-order valence-corrected chi connectivity index (χ2v) is 4.55. The number of rotatable bonds is 2. The smallest absolute Gasteiger partial charge is 0.243 e. The Kier molecular flexibility index (Phi) is 3.76. The summed E-state index contributed by atoms with van der Waals surface area (Å²) in [5.41, 5.74) is 0. The van der Waals surface area contributed by atoms with Gasteiger partial charge < -0.3 is 15.1 Å². The second-order valence-electron chi connectivity index (χ2n) is 4.55. The summed E-state index contributed by atoms with van der Waals surface area (Å²) in [6.45, 7) is 4.29. The van der Waals surface area contributed by atoms with E-state index < -0.39 is 0 Å². The summed E-state index contributed by atoms with van der Waals surface area (Å²) in [6, 6.07) is 1.66. The van der Waals surface area contributed by atoms with Crippen molar-refractivity contribution in [2.75, 3.05) is 38.6 Å². The van der Waals surface area contributed by atoms with Crippen molar-refractivity contribution in [3.05, 3.63) is 18.1 Å². The van der Waals surface area contributed by atoms with Gasteiger partial charge in [-0.05, 0) is 20.0 Å². The van der Waals surface area contributed by atoms with Gasteiger partial charge in [-0.1, -0.05) is 0 Å². The van der Waals surface area contributed by atoms with Gasteiger partial charge in [-0.25, -0.2) is 9.97 Å². The molecular weight excluding hydrogens is 230 g/mol. The third-order valence-electron chi connectivity index (χ3n) is 3.19.